The molecule has 10 nitrogen and oxygen atoms in total. The zero-order chi connectivity index (χ0) is 25.7. The molecular weight excluding hydrogens is 514 g/mol. The van der Waals surface area contributed by atoms with Crippen LogP contribution in [0.2, 0.25) is 5.02 Å². The number of anilines is 1. The average Bonchev–Trinajstić information content (AvgIpc) is 3.37. The van der Waals surface area contributed by atoms with E-state index in [0.717, 1.165) is 16.9 Å². The number of aromatic nitrogens is 3. The first-order chi connectivity index (χ1) is 16.7. The number of halogens is 1. The van der Waals surface area contributed by atoms with Crippen LogP contribution in [0.5, 0.6) is 5.75 Å². The Bertz CT molecular complexity index is 1270. The summed E-state index contributed by atoms with van der Waals surface area (Å²) >= 11 is 8.30. The van der Waals surface area contributed by atoms with Crippen molar-refractivity contribution in [2.75, 3.05) is 18.2 Å². The van der Waals surface area contributed by atoms with Gasteiger partial charge >= 0.3 is 5.97 Å². The van der Waals surface area contributed by atoms with Crippen LogP contribution in [0.4, 0.5) is 5.00 Å². The summed E-state index contributed by atoms with van der Waals surface area (Å²) in [5.41, 5.74) is 6.87. The number of carbonyl (C=O) groups is 3. The molecule has 0 bridgehead atoms. The number of nitrogens with one attached hydrogen (secondary N) is 1. The average molecular weight is 538 g/mol. The maximum atomic E-state index is 12.6. The van der Waals surface area contributed by atoms with Gasteiger partial charge in [-0.3, -0.25) is 9.59 Å². The van der Waals surface area contributed by atoms with Gasteiger partial charge in [-0.1, -0.05) is 29.4 Å². The van der Waals surface area contributed by atoms with E-state index in [1.54, 1.807) is 13.0 Å². The van der Waals surface area contributed by atoms with E-state index in [1.165, 1.54) is 18.9 Å². The number of hydrogen-bond acceptors (Lipinski definition) is 9. The van der Waals surface area contributed by atoms with Gasteiger partial charge in [-0.25, -0.2) is 4.79 Å². The Morgan fingerprint density at radius 3 is 2.66 bits per heavy atom. The molecule has 0 spiro atoms. The smallest absolute Gasteiger partial charge is 0.341 e. The summed E-state index contributed by atoms with van der Waals surface area (Å²) in [7, 11) is 1.22. The van der Waals surface area contributed by atoms with Crippen LogP contribution in [0.25, 0.3) is 0 Å². The number of esters is 1. The fourth-order valence-corrected chi connectivity index (χ4v) is 5.25. The normalized spacial score (nSPS) is 10.8. The van der Waals surface area contributed by atoms with Gasteiger partial charge in [-0.05, 0) is 44.0 Å². The molecule has 0 atom stereocenters. The molecule has 186 valence electrons. The van der Waals surface area contributed by atoms with Crippen molar-refractivity contribution in [1.29, 1.82) is 0 Å². The number of aryl methyl sites for hydroxylation is 1. The molecule has 0 saturated carbocycles. The zero-order valence-electron chi connectivity index (χ0n) is 19.5. The highest BCUT2D eigenvalue weighted by atomic mass is 35.5. The van der Waals surface area contributed by atoms with Gasteiger partial charge in [-0.2, -0.15) is 0 Å². The summed E-state index contributed by atoms with van der Waals surface area (Å²) in [6.45, 7) is 6.17. The van der Waals surface area contributed by atoms with Gasteiger partial charge in [0.15, 0.2) is 11.0 Å². The highest BCUT2D eigenvalue weighted by Gasteiger charge is 2.25. The van der Waals surface area contributed by atoms with Gasteiger partial charge in [0, 0.05) is 6.54 Å². The molecule has 35 heavy (non-hydrogen) atoms. The molecule has 13 heteroatoms. The molecule has 0 aliphatic rings. The Hall–Kier alpha value is -3.09. The summed E-state index contributed by atoms with van der Waals surface area (Å²) in [5, 5.41) is 12.3. The van der Waals surface area contributed by atoms with Crippen LogP contribution < -0.4 is 15.8 Å². The summed E-state index contributed by atoms with van der Waals surface area (Å²) in [6, 6.07) is 5.50. The summed E-state index contributed by atoms with van der Waals surface area (Å²) in [4.78, 5) is 36.7. The van der Waals surface area contributed by atoms with Crippen LogP contribution in [0.1, 0.15) is 43.9 Å². The number of carbonyl (C=O) groups excluding carboxylic acids is 3. The highest BCUT2D eigenvalue weighted by molar-refractivity contribution is 7.99. The van der Waals surface area contributed by atoms with Gasteiger partial charge in [0.05, 0.1) is 28.3 Å². The van der Waals surface area contributed by atoms with Gasteiger partial charge in [0.25, 0.3) is 5.91 Å². The number of amides is 2. The quantitative estimate of drug-likeness (QED) is 0.294. The Kier molecular flexibility index (Phi) is 8.76. The van der Waals surface area contributed by atoms with Gasteiger partial charge in [-0.15, -0.1) is 21.5 Å². The minimum absolute atomic E-state index is 0.00777. The minimum atomic E-state index is -0.690. The van der Waals surface area contributed by atoms with Gasteiger partial charge < -0.3 is 25.1 Å². The van der Waals surface area contributed by atoms with Crippen molar-refractivity contribution in [3.05, 3.63) is 50.6 Å². The lowest BCUT2D eigenvalue weighted by Gasteiger charge is -2.10. The largest absolute Gasteiger partial charge is 0.484 e. The summed E-state index contributed by atoms with van der Waals surface area (Å²) in [6.07, 6.45) is 0. The number of benzene rings is 1. The molecule has 3 rings (SSSR count). The highest BCUT2D eigenvalue weighted by Crippen LogP contribution is 2.34. The fraction of sp³-hybridized carbons (Fsp3) is 0.318. The SMILES string of the molecule is CCn1c(COc2cc(C)ccc2Cl)nnc1SCC(=O)Nc1sc(C(N)=O)c(C)c1C(=O)OC. The topological polar surface area (TPSA) is 138 Å². The molecule has 2 aromatic heterocycles. The number of thioether (sulfide) groups is 1. The van der Waals surface area contributed by atoms with Crippen LogP contribution in [-0.4, -0.2) is 45.4 Å². The third-order valence-electron chi connectivity index (χ3n) is 4.90. The molecule has 0 unspecified atom stereocenters. The molecule has 2 amide bonds. The lowest BCUT2D eigenvalue weighted by molar-refractivity contribution is -0.113. The fourth-order valence-electron chi connectivity index (χ4n) is 3.19. The van der Waals surface area contributed by atoms with Crippen molar-refractivity contribution in [2.45, 2.75) is 39.1 Å². The van der Waals surface area contributed by atoms with E-state index in [-0.39, 0.29) is 27.8 Å². The predicted molar refractivity (Wildman–Crippen MR) is 134 cm³/mol. The third kappa shape index (κ3) is 6.13. The summed E-state index contributed by atoms with van der Waals surface area (Å²) in [5.74, 6) is -0.627. The monoisotopic (exact) mass is 537 g/mol. The van der Waals surface area contributed by atoms with Crippen molar-refractivity contribution >= 4 is 57.5 Å². The van der Waals surface area contributed by atoms with Crippen molar-refractivity contribution in [1.82, 2.24) is 14.8 Å². The van der Waals surface area contributed by atoms with Gasteiger partial charge in [0.1, 0.15) is 17.4 Å². The predicted octanol–water partition coefficient (Wildman–Crippen LogP) is 3.83. The number of methoxy groups -OCH3 is 1. The molecule has 0 radical (unpaired) electrons. The van der Waals surface area contributed by atoms with Crippen molar-refractivity contribution < 1.29 is 23.9 Å². The maximum absolute atomic E-state index is 12.6. The van der Waals surface area contributed by atoms with Gasteiger partial charge in [0.2, 0.25) is 5.91 Å². The number of thiophene rings is 1. The van der Waals surface area contributed by atoms with E-state index in [4.69, 9.17) is 26.8 Å². The molecule has 0 aliphatic heterocycles. The van der Waals surface area contributed by atoms with E-state index < -0.39 is 17.8 Å². The Labute approximate surface area is 215 Å². The Morgan fingerprint density at radius 1 is 1.26 bits per heavy atom. The van der Waals surface area contributed by atoms with Crippen LogP contribution in [0.15, 0.2) is 23.4 Å². The lowest BCUT2D eigenvalue weighted by Crippen LogP contribution is -2.16. The number of ether oxygens (including phenoxy) is 2. The zero-order valence-corrected chi connectivity index (χ0v) is 21.9. The first-order valence-electron chi connectivity index (χ1n) is 10.4. The first-order valence-corrected chi connectivity index (χ1v) is 12.6. The second kappa shape index (κ2) is 11.6. The molecule has 3 N–H and O–H groups in total. The van der Waals surface area contributed by atoms with Crippen molar-refractivity contribution in [3.63, 3.8) is 0 Å². The van der Waals surface area contributed by atoms with Crippen LogP contribution >= 0.6 is 34.7 Å². The molecule has 0 fully saturated rings. The van der Waals surface area contributed by atoms with E-state index in [0.29, 0.717) is 33.9 Å². The summed E-state index contributed by atoms with van der Waals surface area (Å²) < 4.78 is 12.4. The van der Waals surface area contributed by atoms with E-state index in [9.17, 15) is 14.4 Å². The number of nitrogens with two attached hydrogens (primary N) is 1. The standard InChI is InChI=1S/C22H24ClN5O5S2/c1-5-28-15(9-33-14-8-11(2)6-7-13(14)23)26-27-22(28)34-10-16(29)25-20-17(21(31)32-4)12(3)18(35-20)19(24)30/h6-8H,5,9-10H2,1-4H3,(H2,24,30)(H,25,29). The van der Waals surface area contributed by atoms with Crippen LogP contribution in [0, 0.1) is 13.8 Å². The molecule has 3 aromatic rings. The lowest BCUT2D eigenvalue weighted by atomic mass is 10.1. The Balaban J connectivity index is 1.68. The Morgan fingerprint density at radius 2 is 2.00 bits per heavy atom. The van der Waals surface area contributed by atoms with E-state index >= 15 is 0 Å². The minimum Gasteiger partial charge on any atom is -0.484 e. The molecule has 1 aromatic carbocycles. The van der Waals surface area contributed by atoms with E-state index in [2.05, 4.69) is 15.5 Å². The molecule has 0 aliphatic carbocycles. The maximum Gasteiger partial charge on any atom is 0.341 e. The second-order valence-electron chi connectivity index (χ2n) is 7.32. The number of nitrogens with zero attached hydrogens (tertiary/aromatic N) is 3. The first kappa shape index (κ1) is 26.5. The second-order valence-corrected chi connectivity index (χ2v) is 9.69. The molecular formula is C22H24ClN5O5S2. The third-order valence-corrected chi connectivity index (χ3v) is 7.40. The van der Waals surface area contributed by atoms with Crippen LogP contribution in [-0.2, 0) is 22.7 Å². The van der Waals surface area contributed by atoms with Crippen molar-refractivity contribution in [2.24, 2.45) is 5.73 Å². The molecule has 2 heterocycles. The van der Waals surface area contributed by atoms with Crippen molar-refractivity contribution in [3.8, 4) is 5.75 Å². The van der Waals surface area contributed by atoms with E-state index in [1.807, 2.05) is 30.5 Å². The number of hydrogen-bond donors (Lipinski definition) is 2. The molecule has 0 saturated heterocycles. The van der Waals surface area contributed by atoms with Crippen LogP contribution in [0.3, 0.4) is 0 Å². The number of primary amides is 1. The number of rotatable bonds is 10.